The summed E-state index contributed by atoms with van der Waals surface area (Å²) in [5, 5.41) is 34.5. The number of rotatable bonds is 0. The van der Waals surface area contributed by atoms with Crippen molar-refractivity contribution in [1.82, 2.24) is 0 Å². The molecule has 0 bridgehead atoms. The van der Waals surface area contributed by atoms with Gasteiger partial charge in [-0.15, -0.1) is 0 Å². The largest absolute Gasteiger partial charge is 0.429 e. The lowest BCUT2D eigenvalue weighted by atomic mass is 9.43. The number of carbonyl (C=O) groups is 2. The first-order chi connectivity index (χ1) is 16.8. The quantitative estimate of drug-likeness (QED) is 0.338. The van der Waals surface area contributed by atoms with Crippen LogP contribution in [0.2, 0.25) is 0 Å². The Labute approximate surface area is 212 Å². The van der Waals surface area contributed by atoms with Crippen molar-refractivity contribution >= 4 is 11.8 Å². The molecule has 200 valence electrons. The molecule has 36 heavy (non-hydrogen) atoms. The van der Waals surface area contributed by atoms with E-state index in [2.05, 4.69) is 6.92 Å². The molecule has 0 aromatic rings. The van der Waals surface area contributed by atoms with Gasteiger partial charge < -0.3 is 29.5 Å². The van der Waals surface area contributed by atoms with E-state index >= 15 is 0 Å². The fourth-order valence-electron chi connectivity index (χ4n) is 10.9. The fourth-order valence-corrected chi connectivity index (χ4v) is 10.9. The van der Waals surface area contributed by atoms with Crippen LogP contribution in [0.25, 0.3) is 0 Å². The van der Waals surface area contributed by atoms with Gasteiger partial charge in [0.05, 0.1) is 29.6 Å². The zero-order valence-electron chi connectivity index (χ0n) is 21.9. The van der Waals surface area contributed by atoms with Crippen LogP contribution in [0, 0.1) is 46.3 Å². The molecule has 0 radical (unpaired) electrons. The summed E-state index contributed by atoms with van der Waals surface area (Å²) >= 11 is 0. The van der Waals surface area contributed by atoms with Crippen LogP contribution in [0.3, 0.4) is 0 Å². The first kappa shape index (κ1) is 24.0. The molecule has 4 unspecified atom stereocenters. The SMILES string of the molecule is CC1[C@@H](C)C(=O)OC12O[C@H]1C[C@H]3[C@@H]4C[C@H]5O[C@]56[C@@H](O)CCC(=O)[C@]6(C)[C@H]4CC[C@]3(C)C1C(C)(O)[C@@H]2O. The van der Waals surface area contributed by atoms with Crippen molar-refractivity contribution in [2.45, 2.75) is 115 Å². The van der Waals surface area contributed by atoms with Gasteiger partial charge in [-0.3, -0.25) is 9.59 Å². The van der Waals surface area contributed by atoms with Gasteiger partial charge >= 0.3 is 5.97 Å². The van der Waals surface area contributed by atoms with Crippen molar-refractivity contribution in [3.63, 3.8) is 0 Å². The molecule has 4 aliphatic carbocycles. The fraction of sp³-hybridized carbons (Fsp3) is 0.929. The van der Waals surface area contributed by atoms with Crippen LogP contribution in [0.5, 0.6) is 0 Å². The van der Waals surface area contributed by atoms with E-state index in [0.29, 0.717) is 19.3 Å². The molecule has 7 aliphatic rings. The van der Waals surface area contributed by atoms with Crippen LogP contribution in [0.4, 0.5) is 0 Å². The first-order valence-electron chi connectivity index (χ1n) is 14.0. The third-order valence-corrected chi connectivity index (χ3v) is 12.9. The zero-order chi connectivity index (χ0) is 25.8. The normalized spacial score (nSPS) is 65.2. The van der Waals surface area contributed by atoms with Gasteiger partial charge in [0.1, 0.15) is 23.1 Å². The minimum Gasteiger partial charge on any atom is -0.429 e. The predicted molar refractivity (Wildman–Crippen MR) is 125 cm³/mol. The number of esters is 1. The topological polar surface area (TPSA) is 126 Å². The number of epoxide rings is 1. The highest BCUT2D eigenvalue weighted by atomic mass is 16.7. The van der Waals surface area contributed by atoms with Crippen LogP contribution in [0.15, 0.2) is 0 Å². The maximum absolute atomic E-state index is 13.5. The van der Waals surface area contributed by atoms with Crippen LogP contribution >= 0.6 is 0 Å². The minimum absolute atomic E-state index is 0.101. The number of aliphatic hydroxyl groups excluding tert-OH is 2. The van der Waals surface area contributed by atoms with Crippen molar-refractivity contribution < 1.29 is 39.1 Å². The Balaban J connectivity index is 1.27. The maximum Gasteiger partial charge on any atom is 0.311 e. The number of hydrogen-bond donors (Lipinski definition) is 3. The Morgan fingerprint density at radius 2 is 1.69 bits per heavy atom. The van der Waals surface area contributed by atoms with Crippen molar-refractivity contribution in [2.24, 2.45) is 46.3 Å². The van der Waals surface area contributed by atoms with Crippen molar-refractivity contribution in [1.29, 1.82) is 0 Å². The van der Waals surface area contributed by atoms with Crippen molar-refractivity contribution in [2.75, 3.05) is 0 Å². The monoisotopic (exact) mass is 504 g/mol. The molecule has 15 atom stereocenters. The number of aliphatic hydroxyl groups is 3. The van der Waals surface area contributed by atoms with Gasteiger partial charge in [0.25, 0.3) is 0 Å². The van der Waals surface area contributed by atoms with E-state index in [9.17, 15) is 24.9 Å². The van der Waals surface area contributed by atoms with Crippen LogP contribution in [0.1, 0.15) is 73.1 Å². The van der Waals surface area contributed by atoms with Gasteiger partial charge in [0.2, 0.25) is 5.79 Å². The number of ketones is 1. The smallest absolute Gasteiger partial charge is 0.311 e. The Bertz CT molecular complexity index is 1040. The Morgan fingerprint density at radius 3 is 2.36 bits per heavy atom. The van der Waals surface area contributed by atoms with E-state index in [0.717, 1.165) is 19.3 Å². The zero-order valence-corrected chi connectivity index (χ0v) is 21.9. The molecule has 3 saturated heterocycles. The molecule has 3 heterocycles. The summed E-state index contributed by atoms with van der Waals surface area (Å²) in [6.07, 6.45) is 1.48. The summed E-state index contributed by atoms with van der Waals surface area (Å²) in [5.74, 6) is -2.45. The average Bonchev–Trinajstić information content (AvgIpc) is 3.42. The van der Waals surface area contributed by atoms with Crippen LogP contribution in [-0.4, -0.2) is 68.5 Å². The third-order valence-electron chi connectivity index (χ3n) is 12.9. The van der Waals surface area contributed by atoms with E-state index in [1.807, 2.05) is 13.8 Å². The van der Waals surface area contributed by atoms with E-state index in [1.54, 1.807) is 13.8 Å². The second-order valence-electron chi connectivity index (χ2n) is 14.0. The summed E-state index contributed by atoms with van der Waals surface area (Å²) in [4.78, 5) is 26.0. The summed E-state index contributed by atoms with van der Waals surface area (Å²) in [5.41, 5.74) is -3.26. The molecule has 4 saturated carbocycles. The summed E-state index contributed by atoms with van der Waals surface area (Å²) in [6, 6.07) is 0. The van der Waals surface area contributed by atoms with E-state index in [4.69, 9.17) is 14.2 Å². The van der Waals surface area contributed by atoms with Gasteiger partial charge in [-0.05, 0) is 69.1 Å². The molecule has 0 amide bonds. The Kier molecular flexibility index (Phi) is 4.49. The lowest BCUT2D eigenvalue weighted by Crippen LogP contribution is -2.71. The molecule has 7 fully saturated rings. The standard InChI is InChI=1S/C28H40O8/c1-12-13(2)28(36-22(12)31)23(32)26(5,33)21-17(34-28)11-16-14-10-20-27(35-20)19(30)7-6-18(29)25(27,4)15(14)8-9-24(16,21)3/h12-17,19-21,23,30,32-33H,6-11H2,1-5H3/t12-,13?,14-,15+,16+,17+,19+,20-,21?,23+,24+,25+,26?,27-,28?/m1/s1. The molecule has 8 nitrogen and oxygen atoms in total. The van der Waals surface area contributed by atoms with Gasteiger partial charge in [0, 0.05) is 18.3 Å². The Morgan fingerprint density at radius 1 is 0.972 bits per heavy atom. The lowest BCUT2D eigenvalue weighted by Gasteiger charge is -2.60. The first-order valence-corrected chi connectivity index (χ1v) is 14.0. The van der Waals surface area contributed by atoms with Crippen LogP contribution in [-0.2, 0) is 23.8 Å². The van der Waals surface area contributed by atoms with E-state index in [-0.39, 0.29) is 47.1 Å². The number of ether oxygens (including phenoxy) is 3. The molecule has 3 N–H and O–H groups in total. The number of hydrogen-bond acceptors (Lipinski definition) is 8. The molecular weight excluding hydrogens is 464 g/mol. The molecule has 0 aromatic carbocycles. The van der Waals surface area contributed by atoms with Crippen molar-refractivity contribution in [3.8, 4) is 0 Å². The van der Waals surface area contributed by atoms with Gasteiger partial charge in [0.15, 0.2) is 0 Å². The minimum atomic E-state index is -1.55. The average molecular weight is 505 g/mol. The maximum atomic E-state index is 13.5. The summed E-state index contributed by atoms with van der Waals surface area (Å²) in [6.45, 7) is 9.55. The van der Waals surface area contributed by atoms with Gasteiger partial charge in [-0.1, -0.05) is 20.8 Å². The number of carbonyl (C=O) groups excluding carboxylic acids is 2. The highest BCUT2D eigenvalue weighted by Crippen LogP contribution is 2.75. The van der Waals surface area contributed by atoms with E-state index in [1.165, 1.54) is 0 Å². The second kappa shape index (κ2) is 6.74. The van der Waals surface area contributed by atoms with Gasteiger partial charge in [-0.25, -0.2) is 0 Å². The summed E-state index contributed by atoms with van der Waals surface area (Å²) < 4.78 is 18.6. The van der Waals surface area contributed by atoms with Crippen molar-refractivity contribution in [3.05, 3.63) is 0 Å². The third kappa shape index (κ3) is 2.34. The highest BCUT2D eigenvalue weighted by molar-refractivity contribution is 5.88. The Hall–Kier alpha value is -1.06. The number of fused-ring (bicyclic) bond motifs is 6. The molecular formula is C28H40O8. The molecule has 3 aliphatic heterocycles. The number of Topliss-reactive ketones (excluding diaryl/α,β-unsaturated/α-hetero) is 1. The molecule has 7 rings (SSSR count). The lowest BCUT2D eigenvalue weighted by molar-refractivity contribution is -0.368. The second-order valence-corrected chi connectivity index (χ2v) is 14.0. The highest BCUT2D eigenvalue weighted by Gasteiger charge is 2.82. The van der Waals surface area contributed by atoms with Gasteiger partial charge in [-0.2, -0.15) is 0 Å². The molecule has 2 spiro atoms. The summed E-state index contributed by atoms with van der Waals surface area (Å²) in [7, 11) is 0. The van der Waals surface area contributed by atoms with Crippen LogP contribution < -0.4 is 0 Å². The predicted octanol–water partition coefficient (Wildman–Crippen LogP) is 1.96. The molecule has 0 aromatic heterocycles. The molecule has 8 heteroatoms. The van der Waals surface area contributed by atoms with E-state index < -0.39 is 52.4 Å².